The fourth-order valence-corrected chi connectivity index (χ4v) is 12.2. The predicted molar refractivity (Wildman–Crippen MR) is 363 cm³/mol. The molecule has 0 aliphatic carbocycles. The van der Waals surface area contributed by atoms with Gasteiger partial charge in [-0.2, -0.15) is 0 Å². The van der Waals surface area contributed by atoms with Crippen LogP contribution in [0.1, 0.15) is 351 Å². The molecule has 534 valence electrons. The lowest BCUT2D eigenvalue weighted by molar-refractivity contribution is -0.161. The van der Waals surface area contributed by atoms with Crippen LogP contribution in [0.3, 0.4) is 0 Å². The molecule has 0 amide bonds. The number of rotatable bonds is 68. The summed E-state index contributed by atoms with van der Waals surface area (Å²) >= 11 is 0. The second-order valence-electron chi connectivity index (χ2n) is 27.1. The Balaban J connectivity index is 5.20. The molecule has 0 aromatic carbocycles. The molecule has 0 aliphatic rings. The Morgan fingerprint density at radius 1 is 0.311 bits per heavy atom. The molecule has 17 nitrogen and oxygen atoms in total. The number of hydrogen-bond acceptors (Lipinski definition) is 15. The molecule has 0 radical (unpaired) electrons. The van der Waals surface area contributed by atoms with Gasteiger partial charge in [-0.15, -0.1) is 0 Å². The third kappa shape index (κ3) is 62.2. The van der Waals surface area contributed by atoms with Crippen molar-refractivity contribution < 1.29 is 80.2 Å². The number of esters is 4. The van der Waals surface area contributed by atoms with E-state index >= 15 is 0 Å². The predicted octanol–water partition coefficient (Wildman–Crippen LogP) is 20.1. The summed E-state index contributed by atoms with van der Waals surface area (Å²) < 4.78 is 68.3. The van der Waals surface area contributed by atoms with E-state index in [4.69, 9.17) is 37.0 Å². The molecule has 0 aromatic rings. The number of phosphoric ester groups is 2. The first-order valence-corrected chi connectivity index (χ1v) is 39.8. The fourth-order valence-electron chi connectivity index (χ4n) is 10.6. The first-order valence-electron chi connectivity index (χ1n) is 36.8. The molecule has 7 atom stereocenters. The molecule has 0 fully saturated rings. The molecular formula is C71H138O17P2. The van der Waals surface area contributed by atoms with Crippen molar-refractivity contribution in [1.82, 2.24) is 0 Å². The van der Waals surface area contributed by atoms with E-state index in [1.807, 2.05) is 0 Å². The lowest BCUT2D eigenvalue weighted by atomic mass is 9.99. The smallest absolute Gasteiger partial charge is 0.462 e. The largest absolute Gasteiger partial charge is 0.472 e. The quantitative estimate of drug-likeness (QED) is 0.0222. The van der Waals surface area contributed by atoms with E-state index in [2.05, 4.69) is 55.4 Å². The normalized spacial score (nSPS) is 14.9. The highest BCUT2D eigenvalue weighted by molar-refractivity contribution is 7.47. The molecule has 19 heteroatoms. The Morgan fingerprint density at radius 2 is 0.533 bits per heavy atom. The minimum Gasteiger partial charge on any atom is -0.462 e. The second-order valence-corrected chi connectivity index (χ2v) is 30.0. The first-order chi connectivity index (χ1) is 43.2. The van der Waals surface area contributed by atoms with Crippen LogP contribution in [0.25, 0.3) is 0 Å². The number of aliphatic hydroxyl groups is 1. The maximum Gasteiger partial charge on any atom is 0.472 e. The van der Waals surface area contributed by atoms with Crippen molar-refractivity contribution in [3.8, 4) is 0 Å². The van der Waals surface area contributed by atoms with Crippen LogP contribution < -0.4 is 0 Å². The highest BCUT2D eigenvalue weighted by Crippen LogP contribution is 2.45. The van der Waals surface area contributed by atoms with Gasteiger partial charge in [0.05, 0.1) is 26.4 Å². The third-order valence-corrected chi connectivity index (χ3v) is 18.9. The van der Waals surface area contributed by atoms with Crippen molar-refractivity contribution in [3.63, 3.8) is 0 Å². The molecule has 0 rings (SSSR count). The Bertz CT molecular complexity index is 1790. The van der Waals surface area contributed by atoms with E-state index in [-0.39, 0.29) is 25.7 Å². The van der Waals surface area contributed by atoms with E-state index in [9.17, 15) is 43.2 Å². The molecule has 0 aliphatic heterocycles. The van der Waals surface area contributed by atoms with E-state index in [1.165, 1.54) is 148 Å². The molecule has 0 aromatic heterocycles. The van der Waals surface area contributed by atoms with Gasteiger partial charge in [0, 0.05) is 25.7 Å². The summed E-state index contributed by atoms with van der Waals surface area (Å²) in [5.74, 6) is 0.888. The average molecular weight is 1330 g/mol. The topological polar surface area (TPSA) is 237 Å². The number of hydrogen-bond donors (Lipinski definition) is 3. The number of ether oxygens (including phenoxy) is 4. The molecule has 0 saturated heterocycles. The summed E-state index contributed by atoms with van der Waals surface area (Å²) in [5, 5.41) is 10.6. The lowest BCUT2D eigenvalue weighted by Gasteiger charge is -2.21. The summed E-state index contributed by atoms with van der Waals surface area (Å²) in [6.45, 7) is 14.1. The zero-order valence-corrected chi connectivity index (χ0v) is 60.6. The van der Waals surface area contributed by atoms with Gasteiger partial charge in [-0.3, -0.25) is 37.3 Å². The van der Waals surface area contributed by atoms with Crippen LogP contribution in [-0.2, 0) is 65.4 Å². The monoisotopic (exact) mass is 1320 g/mol. The molecule has 3 N–H and O–H groups in total. The van der Waals surface area contributed by atoms with Gasteiger partial charge in [0.25, 0.3) is 0 Å². The number of aliphatic hydroxyl groups excluding tert-OH is 1. The third-order valence-electron chi connectivity index (χ3n) is 17.0. The van der Waals surface area contributed by atoms with Gasteiger partial charge in [0.2, 0.25) is 0 Å². The minimum atomic E-state index is -4.95. The lowest BCUT2D eigenvalue weighted by Crippen LogP contribution is -2.30. The molecule has 0 bridgehead atoms. The second kappa shape index (κ2) is 60.7. The number of carbonyl (C=O) groups excluding carboxylic acids is 4. The Morgan fingerprint density at radius 3 is 0.789 bits per heavy atom. The Labute approximate surface area is 549 Å². The average Bonchev–Trinajstić information content (AvgIpc) is 2.80. The van der Waals surface area contributed by atoms with Crippen LogP contribution in [0.4, 0.5) is 0 Å². The Hall–Kier alpha value is -1.94. The minimum absolute atomic E-state index is 0.103. The van der Waals surface area contributed by atoms with Gasteiger partial charge in [-0.25, -0.2) is 9.13 Å². The zero-order valence-electron chi connectivity index (χ0n) is 58.8. The van der Waals surface area contributed by atoms with Crippen LogP contribution in [0, 0.1) is 23.7 Å². The molecule has 5 unspecified atom stereocenters. The van der Waals surface area contributed by atoms with Crippen LogP contribution in [0.2, 0.25) is 0 Å². The van der Waals surface area contributed by atoms with Gasteiger partial charge in [0.15, 0.2) is 12.2 Å². The molecule has 0 spiro atoms. The van der Waals surface area contributed by atoms with Crippen molar-refractivity contribution in [2.75, 3.05) is 39.6 Å². The van der Waals surface area contributed by atoms with Gasteiger partial charge < -0.3 is 33.8 Å². The van der Waals surface area contributed by atoms with Crippen LogP contribution >= 0.6 is 15.6 Å². The summed E-state index contributed by atoms with van der Waals surface area (Å²) in [7, 11) is -9.90. The van der Waals surface area contributed by atoms with E-state index < -0.39 is 97.5 Å². The highest BCUT2D eigenvalue weighted by Gasteiger charge is 2.30. The molecule has 0 heterocycles. The SMILES string of the molecule is CCC(C)CCCCCCCCCCCCCCCCC(=O)OC[C@H](COP(=O)(O)OCC(O)COP(=O)(O)OC[C@@H](COC(=O)CCCCCCCCCC(C)C)OC(=O)CCCCCCCCCCC(C)CC)OC(=O)CCCCCCCCCC(C)C. The van der Waals surface area contributed by atoms with Gasteiger partial charge >= 0.3 is 39.5 Å². The van der Waals surface area contributed by atoms with Gasteiger partial charge in [-0.1, -0.05) is 299 Å². The van der Waals surface area contributed by atoms with Crippen molar-refractivity contribution in [1.29, 1.82) is 0 Å². The maximum absolute atomic E-state index is 13.0. The van der Waals surface area contributed by atoms with E-state index in [0.717, 1.165) is 108 Å². The van der Waals surface area contributed by atoms with E-state index in [1.54, 1.807) is 0 Å². The van der Waals surface area contributed by atoms with Gasteiger partial charge in [0.1, 0.15) is 19.3 Å². The number of carbonyl (C=O) groups is 4. The van der Waals surface area contributed by atoms with Crippen molar-refractivity contribution in [3.05, 3.63) is 0 Å². The highest BCUT2D eigenvalue weighted by atomic mass is 31.2. The van der Waals surface area contributed by atoms with Crippen molar-refractivity contribution in [2.24, 2.45) is 23.7 Å². The molecular weight excluding hydrogens is 1190 g/mol. The van der Waals surface area contributed by atoms with Crippen LogP contribution in [0.5, 0.6) is 0 Å². The fraction of sp³-hybridized carbons (Fsp3) is 0.944. The summed E-state index contributed by atoms with van der Waals surface area (Å²) in [5.41, 5.74) is 0. The zero-order chi connectivity index (χ0) is 66.8. The summed E-state index contributed by atoms with van der Waals surface area (Å²) in [4.78, 5) is 72.5. The maximum atomic E-state index is 13.0. The van der Waals surface area contributed by atoms with Crippen molar-refractivity contribution in [2.45, 2.75) is 369 Å². The molecule has 90 heavy (non-hydrogen) atoms. The van der Waals surface area contributed by atoms with Crippen LogP contribution in [0.15, 0.2) is 0 Å². The first kappa shape index (κ1) is 88.1. The number of phosphoric acid groups is 2. The van der Waals surface area contributed by atoms with Crippen molar-refractivity contribution >= 4 is 39.5 Å². The Kier molecular flexibility index (Phi) is 59.4. The summed E-state index contributed by atoms with van der Waals surface area (Å²) in [6.07, 6.45) is 43.2. The van der Waals surface area contributed by atoms with E-state index in [0.29, 0.717) is 37.5 Å². The summed E-state index contributed by atoms with van der Waals surface area (Å²) in [6, 6.07) is 0. The van der Waals surface area contributed by atoms with Crippen LogP contribution in [-0.4, -0.2) is 96.7 Å². The molecule has 0 saturated carbocycles. The number of unbranched alkanes of at least 4 members (excludes halogenated alkanes) is 32. The van der Waals surface area contributed by atoms with Gasteiger partial charge in [-0.05, 0) is 49.4 Å². The standard InChI is InChI=1S/C71H138O17P2/c1-9-63(7)49-41-33-25-17-15-13-11-12-14-16-18-27-35-43-51-68(73)81-57-67(88-71(76)54-46-38-30-22-24-32-40-48-62(5)6)60-86-90(79,80)84-56-65(72)55-83-89(77,78)85-59-66(58-82-69(74)52-44-36-29-21-23-31-39-47-61(3)4)87-70(75)53-45-37-28-20-19-26-34-42-50-64(8)10-2/h61-67,72H,9-60H2,1-8H3,(H,77,78)(H,79,80)/t63?,64?,65?,66-,67-/m1/s1.